The van der Waals surface area contributed by atoms with E-state index in [1.54, 1.807) is 0 Å². The van der Waals surface area contributed by atoms with E-state index < -0.39 is 0 Å². The van der Waals surface area contributed by atoms with E-state index in [2.05, 4.69) is 38.1 Å². The molecular formula is C29H37ClN2O4. The van der Waals surface area contributed by atoms with Crippen molar-refractivity contribution in [3.63, 3.8) is 0 Å². The van der Waals surface area contributed by atoms with Crippen molar-refractivity contribution in [1.29, 1.82) is 0 Å². The summed E-state index contributed by atoms with van der Waals surface area (Å²) in [4.78, 5) is 3.88. The Hall–Kier alpha value is -2.61. The Kier molecular flexibility index (Phi) is 10.6. The lowest BCUT2D eigenvalue weighted by atomic mass is 9.81. The summed E-state index contributed by atoms with van der Waals surface area (Å²) >= 11 is 6.92. The minimum Gasteiger partial charge on any atom is -0.395 e. The van der Waals surface area contributed by atoms with E-state index in [9.17, 15) is 20.4 Å². The molecule has 0 aliphatic rings. The number of hydrogen-bond acceptors (Lipinski definition) is 6. The molecular weight excluding hydrogens is 476 g/mol. The van der Waals surface area contributed by atoms with Gasteiger partial charge < -0.3 is 30.2 Å². The maximum absolute atomic E-state index is 9.45. The Balaban J connectivity index is 2.11. The first kappa shape index (κ1) is 28.0. The van der Waals surface area contributed by atoms with Crippen LogP contribution in [0.25, 0.3) is 0 Å². The molecule has 0 radical (unpaired) electrons. The highest BCUT2D eigenvalue weighted by atomic mass is 35.5. The molecule has 0 aliphatic heterocycles. The fourth-order valence-electron chi connectivity index (χ4n) is 4.76. The van der Waals surface area contributed by atoms with Gasteiger partial charge in [-0.05, 0) is 65.9 Å². The van der Waals surface area contributed by atoms with Crippen LogP contribution in [-0.2, 0) is 0 Å². The van der Waals surface area contributed by atoms with Crippen molar-refractivity contribution in [2.45, 2.75) is 19.8 Å². The largest absolute Gasteiger partial charge is 0.395 e. The average Bonchev–Trinajstić information content (AvgIpc) is 2.86. The number of halogens is 1. The van der Waals surface area contributed by atoms with Gasteiger partial charge in [0.1, 0.15) is 0 Å². The lowest BCUT2D eigenvalue weighted by Gasteiger charge is -2.28. The molecule has 0 saturated heterocycles. The first-order chi connectivity index (χ1) is 17.4. The van der Waals surface area contributed by atoms with Crippen molar-refractivity contribution in [2.24, 2.45) is 0 Å². The normalized spacial score (nSPS) is 12.0. The summed E-state index contributed by atoms with van der Waals surface area (Å²) in [5, 5.41) is 38.4. The van der Waals surface area contributed by atoms with Crippen molar-refractivity contribution >= 4 is 23.0 Å². The molecule has 7 heteroatoms. The van der Waals surface area contributed by atoms with Gasteiger partial charge in [0.15, 0.2) is 0 Å². The van der Waals surface area contributed by atoms with Gasteiger partial charge in [0.2, 0.25) is 0 Å². The lowest BCUT2D eigenvalue weighted by Crippen LogP contribution is -2.29. The Morgan fingerprint density at radius 1 is 0.611 bits per heavy atom. The topological polar surface area (TPSA) is 87.4 Å². The van der Waals surface area contributed by atoms with Crippen LogP contribution >= 0.6 is 11.6 Å². The molecule has 0 aromatic heterocycles. The van der Waals surface area contributed by atoms with E-state index in [1.165, 1.54) is 0 Å². The summed E-state index contributed by atoms with van der Waals surface area (Å²) < 4.78 is 0. The molecule has 194 valence electrons. The van der Waals surface area contributed by atoms with Crippen LogP contribution in [0.15, 0.2) is 60.7 Å². The molecule has 0 amide bonds. The molecule has 3 aromatic rings. The standard InChI is InChI=1S/C29H37ClN2O4/c1-21-5-3-4-6-25(21)29(26-9-7-23(19-22(26)2)31(11-15-33)12-16-34)27-10-8-24(20-28(27)30)32(13-17-35)14-18-36/h3-10,19-20,29,33-36H,11-18H2,1-2H3. The minimum atomic E-state index is -0.102. The van der Waals surface area contributed by atoms with Gasteiger partial charge in [-0.2, -0.15) is 0 Å². The third kappa shape index (κ3) is 6.58. The fraction of sp³-hybridized carbons (Fsp3) is 0.379. The van der Waals surface area contributed by atoms with Gasteiger partial charge in [-0.1, -0.05) is 48.0 Å². The number of aliphatic hydroxyl groups is 4. The second-order valence-corrected chi connectivity index (χ2v) is 9.31. The first-order valence-electron chi connectivity index (χ1n) is 12.3. The van der Waals surface area contributed by atoms with Gasteiger partial charge in [-0.15, -0.1) is 0 Å². The van der Waals surface area contributed by atoms with E-state index in [0.29, 0.717) is 31.2 Å². The molecule has 3 aromatic carbocycles. The number of anilines is 2. The molecule has 6 nitrogen and oxygen atoms in total. The van der Waals surface area contributed by atoms with Gasteiger partial charge in [0.25, 0.3) is 0 Å². The van der Waals surface area contributed by atoms with Crippen LogP contribution in [0.5, 0.6) is 0 Å². The molecule has 0 fully saturated rings. The highest BCUT2D eigenvalue weighted by Gasteiger charge is 2.24. The van der Waals surface area contributed by atoms with Crippen molar-refractivity contribution < 1.29 is 20.4 Å². The predicted octanol–water partition coefficient (Wildman–Crippen LogP) is 3.72. The number of hydrogen-bond donors (Lipinski definition) is 4. The quantitative estimate of drug-likeness (QED) is 0.261. The van der Waals surface area contributed by atoms with E-state index in [1.807, 2.05) is 46.2 Å². The second kappa shape index (κ2) is 13.6. The highest BCUT2D eigenvalue weighted by Crippen LogP contribution is 2.40. The van der Waals surface area contributed by atoms with Crippen LogP contribution in [0, 0.1) is 13.8 Å². The maximum Gasteiger partial charge on any atom is 0.0606 e. The Morgan fingerprint density at radius 2 is 1.08 bits per heavy atom. The Bertz CT molecular complexity index is 1050. The van der Waals surface area contributed by atoms with Crippen LogP contribution in [0.4, 0.5) is 11.4 Å². The molecule has 1 atom stereocenters. The third-order valence-electron chi connectivity index (χ3n) is 6.57. The second-order valence-electron chi connectivity index (χ2n) is 8.90. The third-order valence-corrected chi connectivity index (χ3v) is 6.90. The SMILES string of the molecule is Cc1ccccc1C(c1ccc(N(CCO)CCO)cc1C)c1ccc(N(CCO)CCO)cc1Cl. The lowest BCUT2D eigenvalue weighted by molar-refractivity contribution is 0.280. The molecule has 0 spiro atoms. The van der Waals surface area contributed by atoms with Crippen molar-refractivity contribution in [3.05, 3.63) is 93.5 Å². The van der Waals surface area contributed by atoms with Crippen molar-refractivity contribution in [3.8, 4) is 0 Å². The van der Waals surface area contributed by atoms with E-state index in [-0.39, 0.29) is 32.3 Å². The molecule has 3 rings (SSSR count). The maximum atomic E-state index is 9.45. The zero-order valence-electron chi connectivity index (χ0n) is 21.1. The molecule has 36 heavy (non-hydrogen) atoms. The number of nitrogens with zero attached hydrogens (tertiary/aromatic N) is 2. The number of aryl methyl sites for hydroxylation is 2. The summed E-state index contributed by atoms with van der Waals surface area (Å²) in [5.41, 5.74) is 7.31. The smallest absolute Gasteiger partial charge is 0.0606 e. The highest BCUT2D eigenvalue weighted by molar-refractivity contribution is 6.31. The first-order valence-corrected chi connectivity index (χ1v) is 12.7. The van der Waals surface area contributed by atoms with Gasteiger partial charge in [0, 0.05) is 48.5 Å². The van der Waals surface area contributed by atoms with Gasteiger partial charge >= 0.3 is 0 Å². The number of aliphatic hydroxyl groups excluding tert-OH is 4. The average molecular weight is 513 g/mol. The van der Waals surface area contributed by atoms with Gasteiger partial charge in [-0.3, -0.25) is 0 Å². The molecule has 0 aliphatic carbocycles. The van der Waals surface area contributed by atoms with Crippen LogP contribution in [-0.4, -0.2) is 73.0 Å². The minimum absolute atomic E-state index is 0.0121. The summed E-state index contributed by atoms with van der Waals surface area (Å²) in [6, 6.07) is 20.5. The van der Waals surface area contributed by atoms with Gasteiger partial charge in [-0.25, -0.2) is 0 Å². The molecule has 0 saturated carbocycles. The number of rotatable bonds is 13. The summed E-state index contributed by atoms with van der Waals surface area (Å²) in [5.74, 6) is -0.102. The van der Waals surface area contributed by atoms with Crippen LogP contribution in [0.2, 0.25) is 5.02 Å². The van der Waals surface area contributed by atoms with Crippen LogP contribution in [0.3, 0.4) is 0 Å². The van der Waals surface area contributed by atoms with Crippen molar-refractivity contribution in [2.75, 3.05) is 62.4 Å². The zero-order valence-corrected chi connectivity index (χ0v) is 21.8. The van der Waals surface area contributed by atoms with Crippen LogP contribution in [0.1, 0.15) is 33.7 Å². The fourth-order valence-corrected chi connectivity index (χ4v) is 5.05. The molecule has 0 heterocycles. The molecule has 0 bridgehead atoms. The van der Waals surface area contributed by atoms with E-state index in [0.717, 1.165) is 39.2 Å². The Morgan fingerprint density at radius 3 is 1.56 bits per heavy atom. The van der Waals surface area contributed by atoms with Crippen LogP contribution < -0.4 is 9.80 Å². The summed E-state index contributed by atoms with van der Waals surface area (Å²) in [6.07, 6.45) is 0. The molecule has 1 unspecified atom stereocenters. The zero-order chi connectivity index (χ0) is 26.1. The summed E-state index contributed by atoms with van der Waals surface area (Å²) in [6.45, 7) is 5.90. The van der Waals surface area contributed by atoms with E-state index >= 15 is 0 Å². The van der Waals surface area contributed by atoms with Gasteiger partial charge in [0.05, 0.1) is 26.4 Å². The monoisotopic (exact) mass is 512 g/mol. The molecule has 4 N–H and O–H groups in total. The van der Waals surface area contributed by atoms with E-state index in [4.69, 9.17) is 11.6 Å². The number of benzene rings is 3. The Labute approximate surface area is 219 Å². The van der Waals surface area contributed by atoms with Crippen molar-refractivity contribution in [1.82, 2.24) is 0 Å². The summed E-state index contributed by atoms with van der Waals surface area (Å²) in [7, 11) is 0. The predicted molar refractivity (Wildman–Crippen MR) is 148 cm³/mol.